The molecular weight excluding hydrogens is 360 g/mol. The Morgan fingerprint density at radius 2 is 1.96 bits per heavy atom. The van der Waals surface area contributed by atoms with Gasteiger partial charge < -0.3 is 10.6 Å². The molecule has 0 fully saturated rings. The summed E-state index contributed by atoms with van der Waals surface area (Å²) in [4.78, 5) is 8.39. The molecule has 0 spiro atoms. The average Bonchev–Trinajstić information content (AvgIpc) is 3.20. The summed E-state index contributed by atoms with van der Waals surface area (Å²) in [5.41, 5.74) is 3.58. The fourth-order valence-electron chi connectivity index (χ4n) is 2.73. The van der Waals surface area contributed by atoms with Gasteiger partial charge >= 0.3 is 0 Å². The van der Waals surface area contributed by atoms with Crippen molar-refractivity contribution in [1.29, 1.82) is 0 Å². The van der Waals surface area contributed by atoms with E-state index in [1.165, 1.54) is 11.1 Å². The Balaban J connectivity index is 1.51. The quantitative estimate of drug-likeness (QED) is 0.374. The highest BCUT2D eigenvalue weighted by Gasteiger charge is 2.05. The first-order chi connectivity index (χ1) is 13.2. The molecule has 0 aliphatic rings. The fraction of sp³-hybridized carbons (Fsp3) is 0.250. The molecule has 0 amide bonds. The summed E-state index contributed by atoms with van der Waals surface area (Å²) >= 11 is 5.81. The van der Waals surface area contributed by atoms with E-state index in [4.69, 9.17) is 11.6 Å². The van der Waals surface area contributed by atoms with Crippen LogP contribution in [-0.2, 0) is 19.5 Å². The van der Waals surface area contributed by atoms with Gasteiger partial charge in [-0.15, -0.1) is 0 Å². The van der Waals surface area contributed by atoms with E-state index in [1.54, 1.807) is 25.5 Å². The molecule has 3 aromatic rings. The van der Waals surface area contributed by atoms with E-state index in [0.29, 0.717) is 11.7 Å². The molecule has 0 saturated carbocycles. The Kier molecular flexibility index (Phi) is 6.82. The number of aliphatic imine (C=N–C) groups is 1. The van der Waals surface area contributed by atoms with Gasteiger partial charge in [0.1, 0.15) is 5.15 Å². The molecule has 2 N–H and O–H groups in total. The van der Waals surface area contributed by atoms with Crippen LogP contribution in [0.15, 0.2) is 66.0 Å². The number of halogens is 1. The number of rotatable bonds is 7. The van der Waals surface area contributed by atoms with E-state index < -0.39 is 0 Å². The van der Waals surface area contributed by atoms with Crippen molar-refractivity contribution in [1.82, 2.24) is 25.4 Å². The smallest absolute Gasteiger partial charge is 0.191 e. The summed E-state index contributed by atoms with van der Waals surface area (Å²) in [6.07, 6.45) is 6.41. The molecule has 0 unspecified atom stereocenters. The molecule has 2 heterocycles. The predicted molar refractivity (Wildman–Crippen MR) is 109 cm³/mol. The highest BCUT2D eigenvalue weighted by molar-refractivity contribution is 6.29. The van der Waals surface area contributed by atoms with Crippen LogP contribution in [-0.4, -0.2) is 34.3 Å². The molecule has 140 valence electrons. The Labute approximate surface area is 164 Å². The Morgan fingerprint density at radius 1 is 1.11 bits per heavy atom. The average molecular weight is 383 g/mol. The van der Waals surface area contributed by atoms with E-state index in [2.05, 4.69) is 43.9 Å². The van der Waals surface area contributed by atoms with Crippen LogP contribution in [0.2, 0.25) is 5.15 Å². The van der Waals surface area contributed by atoms with Gasteiger partial charge in [0.05, 0.1) is 6.54 Å². The lowest BCUT2D eigenvalue weighted by atomic mass is 10.1. The summed E-state index contributed by atoms with van der Waals surface area (Å²) in [5, 5.41) is 11.5. The third kappa shape index (κ3) is 5.82. The predicted octanol–water partition coefficient (Wildman–Crippen LogP) is 2.89. The van der Waals surface area contributed by atoms with Crippen LogP contribution in [0, 0.1) is 0 Å². The number of hydrogen-bond acceptors (Lipinski definition) is 3. The van der Waals surface area contributed by atoms with Crippen LogP contribution in [0.25, 0.3) is 0 Å². The second-order valence-electron chi connectivity index (χ2n) is 6.06. The molecule has 6 nitrogen and oxygen atoms in total. The van der Waals surface area contributed by atoms with E-state index >= 15 is 0 Å². The van der Waals surface area contributed by atoms with Gasteiger partial charge in [0.2, 0.25) is 0 Å². The molecule has 0 radical (unpaired) electrons. The summed E-state index contributed by atoms with van der Waals surface area (Å²) < 4.78 is 1.92. The van der Waals surface area contributed by atoms with Gasteiger partial charge in [0, 0.05) is 38.7 Å². The molecule has 7 heteroatoms. The van der Waals surface area contributed by atoms with Gasteiger partial charge in [-0.3, -0.25) is 9.67 Å². The van der Waals surface area contributed by atoms with Crippen LogP contribution >= 0.6 is 11.6 Å². The van der Waals surface area contributed by atoms with Crippen LogP contribution in [0.4, 0.5) is 0 Å². The van der Waals surface area contributed by atoms with Crippen molar-refractivity contribution >= 4 is 17.6 Å². The first-order valence-electron chi connectivity index (χ1n) is 8.84. The molecule has 27 heavy (non-hydrogen) atoms. The van der Waals surface area contributed by atoms with Gasteiger partial charge in [-0.1, -0.05) is 41.9 Å². The first-order valence-corrected chi connectivity index (χ1v) is 9.21. The van der Waals surface area contributed by atoms with Crippen molar-refractivity contribution in [2.24, 2.45) is 4.99 Å². The highest BCUT2D eigenvalue weighted by atomic mass is 35.5. The van der Waals surface area contributed by atoms with Crippen molar-refractivity contribution < 1.29 is 0 Å². The van der Waals surface area contributed by atoms with Crippen molar-refractivity contribution in [3.8, 4) is 0 Å². The van der Waals surface area contributed by atoms with Crippen molar-refractivity contribution in [3.05, 3.63) is 82.9 Å². The second-order valence-corrected chi connectivity index (χ2v) is 6.45. The molecule has 1 aromatic carbocycles. The van der Waals surface area contributed by atoms with Crippen molar-refractivity contribution in [2.75, 3.05) is 13.6 Å². The number of nitrogens with one attached hydrogen (secondary N) is 2. The molecular formula is C20H23ClN6. The summed E-state index contributed by atoms with van der Waals surface area (Å²) in [6.45, 7) is 2.21. The van der Waals surface area contributed by atoms with Crippen molar-refractivity contribution in [3.63, 3.8) is 0 Å². The monoisotopic (exact) mass is 382 g/mol. The molecule has 0 aliphatic heterocycles. The fourth-order valence-corrected chi connectivity index (χ4v) is 2.84. The zero-order valence-electron chi connectivity index (χ0n) is 15.3. The van der Waals surface area contributed by atoms with E-state index in [9.17, 15) is 0 Å². The van der Waals surface area contributed by atoms with Crippen LogP contribution in [0.5, 0.6) is 0 Å². The van der Waals surface area contributed by atoms with Crippen LogP contribution in [0.3, 0.4) is 0 Å². The minimum atomic E-state index is 0.512. The lowest BCUT2D eigenvalue weighted by molar-refractivity contribution is 0.677. The number of nitrogens with zero attached hydrogens (tertiary/aromatic N) is 4. The van der Waals surface area contributed by atoms with E-state index in [-0.39, 0.29) is 0 Å². The van der Waals surface area contributed by atoms with E-state index in [1.807, 2.05) is 29.1 Å². The van der Waals surface area contributed by atoms with Crippen LogP contribution < -0.4 is 10.6 Å². The normalized spacial score (nSPS) is 11.4. The Bertz CT molecular complexity index is 858. The molecule has 3 rings (SSSR count). The third-order valence-corrected chi connectivity index (χ3v) is 4.40. The van der Waals surface area contributed by atoms with Gasteiger partial charge in [-0.2, -0.15) is 5.10 Å². The van der Waals surface area contributed by atoms with Gasteiger partial charge in [0.15, 0.2) is 5.96 Å². The number of benzene rings is 1. The molecule has 0 atom stereocenters. The lowest BCUT2D eigenvalue weighted by Gasteiger charge is -2.14. The van der Waals surface area contributed by atoms with Gasteiger partial charge in [-0.25, -0.2) is 4.98 Å². The zero-order chi connectivity index (χ0) is 18.9. The lowest BCUT2D eigenvalue weighted by Crippen LogP contribution is -2.38. The van der Waals surface area contributed by atoms with E-state index in [0.717, 1.165) is 31.0 Å². The molecule has 0 saturated heterocycles. The number of hydrogen-bond donors (Lipinski definition) is 2. The second kappa shape index (κ2) is 9.73. The maximum Gasteiger partial charge on any atom is 0.191 e. The zero-order valence-corrected chi connectivity index (χ0v) is 16.0. The standard InChI is InChI=1S/C20H23ClN6/c1-22-20(23-11-9-16-7-8-19(21)24-13-16)25-14-17-5-2-3-6-18(17)15-27-12-4-10-26-27/h2-8,10,12-13H,9,11,14-15H2,1H3,(H2,22,23,25). The maximum atomic E-state index is 5.81. The Hall–Kier alpha value is -2.86. The highest BCUT2D eigenvalue weighted by Crippen LogP contribution is 2.10. The topological polar surface area (TPSA) is 67.1 Å². The summed E-state index contributed by atoms with van der Waals surface area (Å²) in [6, 6.07) is 14.1. The summed E-state index contributed by atoms with van der Waals surface area (Å²) in [5.74, 6) is 0.769. The minimum Gasteiger partial charge on any atom is -0.356 e. The van der Waals surface area contributed by atoms with Gasteiger partial charge in [0.25, 0.3) is 0 Å². The number of guanidine groups is 1. The molecule has 0 aliphatic carbocycles. The number of aromatic nitrogens is 3. The third-order valence-electron chi connectivity index (χ3n) is 4.17. The van der Waals surface area contributed by atoms with Gasteiger partial charge in [-0.05, 0) is 35.2 Å². The largest absolute Gasteiger partial charge is 0.356 e. The van der Waals surface area contributed by atoms with Crippen molar-refractivity contribution in [2.45, 2.75) is 19.5 Å². The Morgan fingerprint density at radius 3 is 2.67 bits per heavy atom. The summed E-state index contributed by atoms with van der Waals surface area (Å²) in [7, 11) is 1.77. The maximum absolute atomic E-state index is 5.81. The first kappa shape index (κ1) is 18.9. The SMILES string of the molecule is CN=C(NCCc1ccc(Cl)nc1)NCc1ccccc1Cn1cccn1. The number of pyridine rings is 1. The minimum absolute atomic E-state index is 0.512. The molecule has 2 aromatic heterocycles. The van der Waals surface area contributed by atoms with Crippen LogP contribution in [0.1, 0.15) is 16.7 Å². The molecule has 0 bridgehead atoms.